The van der Waals surface area contributed by atoms with Crippen molar-refractivity contribution in [3.05, 3.63) is 78.0 Å². The van der Waals surface area contributed by atoms with E-state index in [0.29, 0.717) is 5.75 Å². The van der Waals surface area contributed by atoms with E-state index in [1.807, 2.05) is 55.5 Å². The third kappa shape index (κ3) is 3.20. The molecule has 0 bridgehead atoms. The number of pyridine rings is 1. The van der Waals surface area contributed by atoms with Gasteiger partial charge in [-0.1, -0.05) is 36.4 Å². The molecule has 0 aliphatic carbocycles. The first-order valence-corrected chi connectivity index (χ1v) is 7.03. The molecule has 0 radical (unpaired) electrons. The van der Waals surface area contributed by atoms with Gasteiger partial charge in [-0.25, -0.2) is 4.79 Å². The maximum atomic E-state index is 11.9. The maximum absolute atomic E-state index is 11.9. The first-order chi connectivity index (χ1) is 10.7. The fraction of sp³-hybridized carbons (Fsp3) is 0.0526. The summed E-state index contributed by atoms with van der Waals surface area (Å²) < 4.78 is 5.28. The van der Waals surface area contributed by atoms with E-state index >= 15 is 0 Å². The van der Waals surface area contributed by atoms with Crippen molar-refractivity contribution in [2.45, 2.75) is 6.92 Å². The number of nitrogens with zero attached hydrogens (tertiary/aromatic N) is 1. The van der Waals surface area contributed by atoms with Gasteiger partial charge >= 0.3 is 5.97 Å². The number of rotatable bonds is 3. The Balaban J connectivity index is 1.79. The molecule has 22 heavy (non-hydrogen) atoms. The highest BCUT2D eigenvalue weighted by Gasteiger charge is 2.02. The Hall–Kier alpha value is -2.94. The third-order valence-corrected chi connectivity index (χ3v) is 3.27. The van der Waals surface area contributed by atoms with Gasteiger partial charge in [0.25, 0.3) is 0 Å². The van der Waals surface area contributed by atoms with Crippen LogP contribution in [0.2, 0.25) is 0 Å². The molecule has 0 saturated heterocycles. The van der Waals surface area contributed by atoms with Crippen LogP contribution in [0.25, 0.3) is 17.0 Å². The second kappa shape index (κ2) is 6.22. The minimum Gasteiger partial charge on any atom is -0.423 e. The van der Waals surface area contributed by atoms with Gasteiger partial charge in [0.05, 0.1) is 5.52 Å². The van der Waals surface area contributed by atoms with Crippen LogP contribution >= 0.6 is 0 Å². The third-order valence-electron chi connectivity index (χ3n) is 3.27. The average Bonchev–Trinajstić information content (AvgIpc) is 2.53. The number of ether oxygens (including phenoxy) is 1. The van der Waals surface area contributed by atoms with E-state index in [4.69, 9.17) is 4.74 Å². The Morgan fingerprint density at radius 1 is 1.09 bits per heavy atom. The van der Waals surface area contributed by atoms with Gasteiger partial charge in [-0.05, 0) is 36.8 Å². The average molecular weight is 289 g/mol. The SMILES string of the molecule is Cc1cccc(OC(=O)/C=C/c2cccc3cccnc23)c1. The molecule has 3 heteroatoms. The van der Waals surface area contributed by atoms with Crippen molar-refractivity contribution in [3.63, 3.8) is 0 Å². The van der Waals surface area contributed by atoms with Crippen LogP contribution in [-0.4, -0.2) is 11.0 Å². The molecular formula is C19H15NO2. The second-order valence-electron chi connectivity index (χ2n) is 4.99. The van der Waals surface area contributed by atoms with Crippen LogP contribution in [0.3, 0.4) is 0 Å². The number of benzene rings is 2. The van der Waals surface area contributed by atoms with Gasteiger partial charge in [-0.2, -0.15) is 0 Å². The van der Waals surface area contributed by atoms with Crippen molar-refractivity contribution >= 4 is 22.9 Å². The van der Waals surface area contributed by atoms with Crippen LogP contribution in [0.5, 0.6) is 5.75 Å². The van der Waals surface area contributed by atoms with Crippen molar-refractivity contribution in [2.75, 3.05) is 0 Å². The minimum absolute atomic E-state index is 0.404. The number of esters is 1. The van der Waals surface area contributed by atoms with E-state index in [0.717, 1.165) is 22.0 Å². The van der Waals surface area contributed by atoms with Gasteiger partial charge in [0.1, 0.15) is 5.75 Å². The normalized spacial score (nSPS) is 11.0. The van der Waals surface area contributed by atoms with Gasteiger partial charge < -0.3 is 4.74 Å². The van der Waals surface area contributed by atoms with Crippen LogP contribution < -0.4 is 4.74 Å². The number of hydrogen-bond acceptors (Lipinski definition) is 3. The first-order valence-electron chi connectivity index (χ1n) is 7.03. The van der Waals surface area contributed by atoms with Crippen molar-refractivity contribution in [1.82, 2.24) is 4.98 Å². The first kappa shape index (κ1) is 14.0. The predicted octanol–water partition coefficient (Wildman–Crippen LogP) is 4.16. The molecule has 0 aliphatic rings. The van der Waals surface area contributed by atoms with E-state index < -0.39 is 5.97 Å². The lowest BCUT2D eigenvalue weighted by Gasteiger charge is -2.02. The number of hydrogen-bond donors (Lipinski definition) is 0. The Bertz CT molecular complexity index is 847. The Labute approximate surface area is 128 Å². The van der Waals surface area contributed by atoms with E-state index in [-0.39, 0.29) is 0 Å². The smallest absolute Gasteiger partial charge is 0.336 e. The molecule has 1 heterocycles. The van der Waals surface area contributed by atoms with E-state index in [2.05, 4.69) is 4.98 Å². The summed E-state index contributed by atoms with van der Waals surface area (Å²) in [5.41, 5.74) is 2.80. The molecule has 3 rings (SSSR count). The van der Waals surface area contributed by atoms with E-state index in [1.165, 1.54) is 6.08 Å². The van der Waals surface area contributed by atoms with Crippen molar-refractivity contribution in [1.29, 1.82) is 0 Å². The summed E-state index contributed by atoms with van der Waals surface area (Å²) in [6.45, 7) is 1.95. The molecule has 0 atom stereocenters. The summed E-state index contributed by atoms with van der Waals surface area (Å²) in [5, 5.41) is 1.04. The molecule has 3 aromatic rings. The highest BCUT2D eigenvalue weighted by Crippen LogP contribution is 2.17. The number of aryl methyl sites for hydroxylation is 1. The van der Waals surface area contributed by atoms with Crippen LogP contribution in [0.4, 0.5) is 0 Å². The Morgan fingerprint density at radius 3 is 2.77 bits per heavy atom. The summed E-state index contributed by atoms with van der Waals surface area (Å²) in [6.07, 6.45) is 4.89. The molecule has 0 aliphatic heterocycles. The molecular weight excluding hydrogens is 274 g/mol. The lowest BCUT2D eigenvalue weighted by Crippen LogP contribution is -2.03. The Morgan fingerprint density at radius 2 is 1.91 bits per heavy atom. The van der Waals surface area contributed by atoms with Crippen LogP contribution in [0.1, 0.15) is 11.1 Å². The minimum atomic E-state index is -0.404. The van der Waals surface area contributed by atoms with Gasteiger partial charge in [-0.15, -0.1) is 0 Å². The topological polar surface area (TPSA) is 39.2 Å². The summed E-state index contributed by atoms with van der Waals surface area (Å²) in [7, 11) is 0. The summed E-state index contributed by atoms with van der Waals surface area (Å²) >= 11 is 0. The van der Waals surface area contributed by atoms with E-state index in [1.54, 1.807) is 18.3 Å². The number of para-hydroxylation sites is 1. The fourth-order valence-electron chi connectivity index (χ4n) is 2.25. The lowest BCUT2D eigenvalue weighted by molar-refractivity contribution is -0.128. The Kier molecular flexibility index (Phi) is 3.97. The zero-order valence-electron chi connectivity index (χ0n) is 12.2. The zero-order valence-corrected chi connectivity index (χ0v) is 12.2. The quantitative estimate of drug-likeness (QED) is 0.413. The molecule has 1 aromatic heterocycles. The summed E-state index contributed by atoms with van der Waals surface area (Å²) in [4.78, 5) is 16.3. The lowest BCUT2D eigenvalue weighted by atomic mass is 10.1. The summed E-state index contributed by atoms with van der Waals surface area (Å²) in [5.74, 6) is 0.143. The number of carbonyl (C=O) groups excluding carboxylic acids is 1. The molecule has 0 saturated carbocycles. The standard InChI is InChI=1S/C19H15NO2/c1-14-5-2-9-17(13-14)22-18(21)11-10-16-7-3-6-15-8-4-12-20-19(15)16/h2-13H,1H3/b11-10+. The van der Waals surface area contributed by atoms with Crippen molar-refractivity contribution < 1.29 is 9.53 Å². The largest absolute Gasteiger partial charge is 0.423 e. The van der Waals surface area contributed by atoms with E-state index in [9.17, 15) is 4.79 Å². The molecule has 3 nitrogen and oxygen atoms in total. The highest BCUT2D eigenvalue weighted by atomic mass is 16.5. The molecule has 0 N–H and O–H groups in total. The molecule has 108 valence electrons. The van der Waals surface area contributed by atoms with Gasteiger partial charge in [0, 0.05) is 23.2 Å². The molecule has 0 amide bonds. The number of fused-ring (bicyclic) bond motifs is 1. The second-order valence-corrected chi connectivity index (χ2v) is 4.99. The molecule has 2 aromatic carbocycles. The number of carbonyl (C=O) groups is 1. The predicted molar refractivity (Wildman–Crippen MR) is 87.6 cm³/mol. The van der Waals surface area contributed by atoms with Crippen molar-refractivity contribution in [2.24, 2.45) is 0 Å². The number of aromatic nitrogens is 1. The van der Waals surface area contributed by atoms with Gasteiger partial charge in [0.2, 0.25) is 0 Å². The highest BCUT2D eigenvalue weighted by molar-refractivity contribution is 5.93. The van der Waals surface area contributed by atoms with Crippen LogP contribution in [0.15, 0.2) is 66.9 Å². The van der Waals surface area contributed by atoms with Crippen molar-refractivity contribution in [3.8, 4) is 5.75 Å². The molecule has 0 spiro atoms. The molecule has 0 unspecified atom stereocenters. The fourth-order valence-corrected chi connectivity index (χ4v) is 2.25. The van der Waals surface area contributed by atoms with Crippen LogP contribution in [-0.2, 0) is 4.79 Å². The summed E-state index contributed by atoms with van der Waals surface area (Å²) in [6, 6.07) is 17.1. The monoisotopic (exact) mass is 289 g/mol. The maximum Gasteiger partial charge on any atom is 0.336 e. The van der Waals surface area contributed by atoms with Crippen LogP contribution in [0, 0.1) is 6.92 Å². The van der Waals surface area contributed by atoms with Gasteiger partial charge in [0.15, 0.2) is 0 Å². The molecule has 0 fully saturated rings. The van der Waals surface area contributed by atoms with Gasteiger partial charge in [-0.3, -0.25) is 4.98 Å². The zero-order chi connectivity index (χ0) is 15.4.